The maximum atomic E-state index is 5.46. The van der Waals surface area contributed by atoms with Crippen LogP contribution in [0.15, 0.2) is 54.6 Å². The second-order valence-electron chi connectivity index (χ2n) is 4.29. The topological polar surface area (TPSA) is 18.5 Å². The van der Waals surface area contributed by atoms with Gasteiger partial charge in [0.1, 0.15) is 6.79 Å². The highest BCUT2D eigenvalue weighted by Gasteiger charge is 1.94. The molecule has 2 rings (SSSR count). The Labute approximate surface area is 108 Å². The van der Waals surface area contributed by atoms with Crippen molar-refractivity contribution < 1.29 is 9.47 Å². The maximum absolute atomic E-state index is 5.46. The van der Waals surface area contributed by atoms with Crippen molar-refractivity contribution >= 4 is 0 Å². The number of hydrogen-bond donors (Lipinski definition) is 0. The van der Waals surface area contributed by atoms with E-state index in [1.165, 1.54) is 11.1 Å². The molecule has 0 aromatic heterocycles. The van der Waals surface area contributed by atoms with E-state index < -0.39 is 0 Å². The molecule has 0 spiro atoms. The van der Waals surface area contributed by atoms with Crippen molar-refractivity contribution in [1.82, 2.24) is 0 Å². The molecule has 0 heterocycles. The summed E-state index contributed by atoms with van der Waals surface area (Å²) in [6.45, 7) is 3.58. The summed E-state index contributed by atoms with van der Waals surface area (Å²) in [7, 11) is 0. The van der Waals surface area contributed by atoms with E-state index in [4.69, 9.17) is 9.47 Å². The molecule has 2 heteroatoms. The van der Waals surface area contributed by atoms with Gasteiger partial charge in [-0.15, -0.1) is 0 Å². The van der Waals surface area contributed by atoms with Crippen LogP contribution in [0.3, 0.4) is 0 Å². The van der Waals surface area contributed by atoms with Crippen molar-refractivity contribution in [3.63, 3.8) is 0 Å². The third kappa shape index (κ3) is 4.32. The predicted octanol–water partition coefficient (Wildman–Crippen LogP) is 3.69. The van der Waals surface area contributed by atoms with Gasteiger partial charge in [0.2, 0.25) is 0 Å². The fraction of sp³-hybridized carbons (Fsp3) is 0.250. The van der Waals surface area contributed by atoms with Crippen molar-refractivity contribution in [3.05, 3.63) is 71.3 Å². The molecule has 0 unspecified atom stereocenters. The highest BCUT2D eigenvalue weighted by Crippen LogP contribution is 2.05. The van der Waals surface area contributed by atoms with Crippen LogP contribution in [0.5, 0.6) is 0 Å². The molecule has 0 N–H and O–H groups in total. The summed E-state index contributed by atoms with van der Waals surface area (Å²) in [5.74, 6) is 0. The highest BCUT2D eigenvalue weighted by molar-refractivity contribution is 5.20. The smallest absolute Gasteiger partial charge is 0.147 e. The van der Waals surface area contributed by atoms with Gasteiger partial charge in [-0.2, -0.15) is 0 Å². The van der Waals surface area contributed by atoms with Crippen LogP contribution in [0, 0.1) is 6.92 Å². The van der Waals surface area contributed by atoms with Crippen LogP contribution in [0.25, 0.3) is 0 Å². The zero-order valence-electron chi connectivity index (χ0n) is 10.6. The first-order valence-electron chi connectivity index (χ1n) is 6.09. The first-order valence-corrected chi connectivity index (χ1v) is 6.09. The van der Waals surface area contributed by atoms with E-state index in [2.05, 4.69) is 31.2 Å². The number of ether oxygens (including phenoxy) is 2. The van der Waals surface area contributed by atoms with Gasteiger partial charge in [0.25, 0.3) is 0 Å². The van der Waals surface area contributed by atoms with Crippen molar-refractivity contribution in [2.24, 2.45) is 0 Å². The van der Waals surface area contributed by atoms with Gasteiger partial charge in [-0.25, -0.2) is 0 Å². The molecule has 0 saturated heterocycles. The summed E-state index contributed by atoms with van der Waals surface area (Å²) in [6, 6.07) is 18.4. The molecular weight excluding hydrogens is 224 g/mol. The molecule has 0 saturated carbocycles. The molecule has 0 aliphatic rings. The van der Waals surface area contributed by atoms with Gasteiger partial charge in [-0.05, 0) is 18.1 Å². The monoisotopic (exact) mass is 242 g/mol. The van der Waals surface area contributed by atoms with Crippen molar-refractivity contribution in [1.29, 1.82) is 0 Å². The lowest BCUT2D eigenvalue weighted by atomic mass is 10.2. The van der Waals surface area contributed by atoms with Crippen LogP contribution >= 0.6 is 0 Å². The van der Waals surface area contributed by atoms with E-state index in [1.54, 1.807) is 0 Å². The van der Waals surface area contributed by atoms with Gasteiger partial charge in [0.15, 0.2) is 0 Å². The van der Waals surface area contributed by atoms with Crippen LogP contribution < -0.4 is 0 Å². The standard InChI is InChI=1S/C16H18O2/c1-14-7-9-16(10-8-14)12-18-13-17-11-15-5-3-2-4-6-15/h2-10H,11-13H2,1H3. The van der Waals surface area contributed by atoms with Crippen LogP contribution in [-0.2, 0) is 22.7 Å². The Morgan fingerprint density at radius 2 is 1.28 bits per heavy atom. The van der Waals surface area contributed by atoms with E-state index in [0.717, 1.165) is 5.56 Å². The maximum Gasteiger partial charge on any atom is 0.147 e. The molecule has 2 aromatic carbocycles. The molecule has 94 valence electrons. The van der Waals surface area contributed by atoms with Gasteiger partial charge in [0.05, 0.1) is 13.2 Å². The van der Waals surface area contributed by atoms with E-state index in [9.17, 15) is 0 Å². The summed E-state index contributed by atoms with van der Waals surface area (Å²) in [4.78, 5) is 0. The van der Waals surface area contributed by atoms with Crippen molar-refractivity contribution in [2.45, 2.75) is 20.1 Å². The Morgan fingerprint density at radius 3 is 1.89 bits per heavy atom. The third-order valence-corrected chi connectivity index (χ3v) is 2.67. The first-order chi connectivity index (χ1) is 8.84. The largest absolute Gasteiger partial charge is 0.351 e. The lowest BCUT2D eigenvalue weighted by Gasteiger charge is -2.06. The average molecular weight is 242 g/mol. The molecule has 0 atom stereocenters. The minimum absolute atomic E-state index is 0.322. The number of rotatable bonds is 6. The molecule has 0 aliphatic carbocycles. The zero-order valence-corrected chi connectivity index (χ0v) is 10.6. The SMILES string of the molecule is Cc1ccc(COCOCc2ccccc2)cc1. The second-order valence-corrected chi connectivity index (χ2v) is 4.29. The van der Waals surface area contributed by atoms with Crippen LogP contribution in [0.4, 0.5) is 0 Å². The Balaban J connectivity index is 1.63. The highest BCUT2D eigenvalue weighted by atomic mass is 16.7. The predicted molar refractivity (Wildman–Crippen MR) is 72.1 cm³/mol. The molecule has 2 nitrogen and oxygen atoms in total. The molecule has 2 aromatic rings. The van der Waals surface area contributed by atoms with Crippen LogP contribution in [0.1, 0.15) is 16.7 Å². The lowest BCUT2D eigenvalue weighted by molar-refractivity contribution is -0.0689. The summed E-state index contributed by atoms with van der Waals surface area (Å²) < 4.78 is 10.9. The molecule has 0 bridgehead atoms. The molecule has 0 amide bonds. The fourth-order valence-electron chi connectivity index (χ4n) is 1.64. The minimum Gasteiger partial charge on any atom is -0.351 e. The molecule has 0 radical (unpaired) electrons. The number of benzene rings is 2. The van der Waals surface area contributed by atoms with E-state index in [0.29, 0.717) is 20.0 Å². The number of aryl methyl sites for hydroxylation is 1. The quantitative estimate of drug-likeness (QED) is 0.568. The second kappa shape index (κ2) is 6.94. The summed E-state index contributed by atoms with van der Waals surface area (Å²) in [5, 5.41) is 0. The molecule has 0 fully saturated rings. The zero-order chi connectivity index (χ0) is 12.6. The van der Waals surface area contributed by atoms with E-state index >= 15 is 0 Å². The first kappa shape index (κ1) is 12.8. The lowest BCUT2D eigenvalue weighted by Crippen LogP contribution is -2.00. The van der Waals surface area contributed by atoms with Gasteiger partial charge in [0, 0.05) is 0 Å². The Bertz CT molecular complexity index is 448. The van der Waals surface area contributed by atoms with Gasteiger partial charge < -0.3 is 9.47 Å². The molecule has 18 heavy (non-hydrogen) atoms. The minimum atomic E-state index is 0.322. The summed E-state index contributed by atoms with van der Waals surface area (Å²) in [5.41, 5.74) is 3.60. The van der Waals surface area contributed by atoms with Crippen LogP contribution in [0.2, 0.25) is 0 Å². The van der Waals surface area contributed by atoms with Gasteiger partial charge in [-0.3, -0.25) is 0 Å². The molecule has 0 aliphatic heterocycles. The third-order valence-electron chi connectivity index (χ3n) is 2.67. The average Bonchev–Trinajstić information content (AvgIpc) is 2.42. The molecular formula is C16H18O2. The van der Waals surface area contributed by atoms with E-state index in [-0.39, 0.29) is 0 Å². The van der Waals surface area contributed by atoms with Crippen molar-refractivity contribution in [2.75, 3.05) is 6.79 Å². The Hall–Kier alpha value is -1.64. The number of hydrogen-bond acceptors (Lipinski definition) is 2. The van der Waals surface area contributed by atoms with Crippen molar-refractivity contribution in [3.8, 4) is 0 Å². The Morgan fingerprint density at radius 1 is 0.722 bits per heavy atom. The van der Waals surface area contributed by atoms with Crippen LogP contribution in [-0.4, -0.2) is 6.79 Å². The summed E-state index contributed by atoms with van der Waals surface area (Å²) >= 11 is 0. The normalized spacial score (nSPS) is 10.5. The fourth-order valence-corrected chi connectivity index (χ4v) is 1.64. The Kier molecular flexibility index (Phi) is 4.94. The van der Waals surface area contributed by atoms with Gasteiger partial charge >= 0.3 is 0 Å². The van der Waals surface area contributed by atoms with Gasteiger partial charge in [-0.1, -0.05) is 60.2 Å². The van der Waals surface area contributed by atoms with E-state index in [1.807, 2.05) is 30.3 Å². The summed E-state index contributed by atoms with van der Waals surface area (Å²) in [6.07, 6.45) is 0.